The molecule has 0 atom stereocenters. The van der Waals surface area contributed by atoms with Crippen molar-refractivity contribution in [3.05, 3.63) is 46.0 Å². The molecule has 2 heterocycles. The van der Waals surface area contributed by atoms with Crippen LogP contribution in [0.25, 0.3) is 16.7 Å². The second-order valence-electron chi connectivity index (χ2n) is 4.43. The Bertz CT molecular complexity index is 956. The average Bonchev–Trinajstić information content (AvgIpc) is 2.85. The van der Waals surface area contributed by atoms with E-state index in [2.05, 4.69) is 9.97 Å². The smallest absolute Gasteiger partial charge is 0.343 e. The number of ether oxygens (including phenoxy) is 1. The molecule has 0 aliphatic carbocycles. The van der Waals surface area contributed by atoms with Gasteiger partial charge in [0.05, 0.1) is 23.8 Å². The number of hydrogen-bond donors (Lipinski definition) is 1. The molecule has 0 amide bonds. The maximum absolute atomic E-state index is 12.3. The van der Waals surface area contributed by atoms with E-state index in [1.54, 1.807) is 24.3 Å². The second-order valence-corrected chi connectivity index (χ2v) is 6.71. The van der Waals surface area contributed by atoms with Gasteiger partial charge in [-0.1, -0.05) is 46.9 Å². The molecule has 0 spiro atoms. The number of alkyl halides is 3. The zero-order chi connectivity index (χ0) is 16.1. The van der Waals surface area contributed by atoms with E-state index < -0.39 is 15.5 Å². The maximum Gasteiger partial charge on any atom is 0.343 e. The number of carbonyl (C=O) groups excluding carboxylic acids is 1. The number of para-hydroxylation sites is 2. The molecule has 0 saturated carbocycles. The summed E-state index contributed by atoms with van der Waals surface area (Å²) in [5.74, 6) is -0.766. The third kappa shape index (κ3) is 2.24. The van der Waals surface area contributed by atoms with E-state index >= 15 is 0 Å². The molecule has 0 unspecified atom stereocenters. The zero-order valence-corrected chi connectivity index (χ0v) is 13.3. The van der Waals surface area contributed by atoms with Gasteiger partial charge in [0.1, 0.15) is 5.56 Å². The number of imidazole rings is 1. The number of H-pyrrole nitrogens is 1. The molecule has 1 aromatic carbocycles. The van der Waals surface area contributed by atoms with E-state index in [0.29, 0.717) is 11.0 Å². The van der Waals surface area contributed by atoms with E-state index in [-0.39, 0.29) is 16.9 Å². The van der Waals surface area contributed by atoms with Crippen molar-refractivity contribution in [2.45, 2.75) is 3.79 Å². The maximum atomic E-state index is 12.3. The number of methoxy groups -OCH3 is 1. The van der Waals surface area contributed by atoms with Gasteiger partial charge in [-0.2, -0.15) is 0 Å². The number of aromatic amines is 1. The third-order valence-electron chi connectivity index (χ3n) is 3.14. The summed E-state index contributed by atoms with van der Waals surface area (Å²) in [7, 11) is 1.19. The Morgan fingerprint density at radius 2 is 2.00 bits per heavy atom. The Hall–Kier alpha value is -1.76. The van der Waals surface area contributed by atoms with Gasteiger partial charge < -0.3 is 9.72 Å². The van der Waals surface area contributed by atoms with Gasteiger partial charge in [-0.3, -0.25) is 0 Å². The van der Waals surface area contributed by atoms with Gasteiger partial charge in [-0.15, -0.1) is 0 Å². The Labute approximate surface area is 138 Å². The number of esters is 1. The number of hydrogen-bond acceptors (Lipinski definition) is 4. The second kappa shape index (κ2) is 5.15. The summed E-state index contributed by atoms with van der Waals surface area (Å²) in [4.78, 5) is 31.1. The van der Waals surface area contributed by atoms with Crippen molar-refractivity contribution in [2.24, 2.45) is 0 Å². The lowest BCUT2D eigenvalue weighted by atomic mass is 10.2. The highest BCUT2D eigenvalue weighted by atomic mass is 35.6. The highest BCUT2D eigenvalue weighted by Crippen LogP contribution is 2.39. The van der Waals surface area contributed by atoms with E-state index in [4.69, 9.17) is 39.5 Å². The van der Waals surface area contributed by atoms with Crippen LogP contribution in [-0.2, 0) is 8.53 Å². The van der Waals surface area contributed by atoms with Crippen molar-refractivity contribution in [3.8, 4) is 0 Å². The summed E-state index contributed by atoms with van der Waals surface area (Å²) in [6.07, 6.45) is 0. The van der Waals surface area contributed by atoms with Crippen LogP contribution in [0, 0.1) is 0 Å². The fraction of sp³-hybridized carbons (Fsp3) is 0.154. The first-order chi connectivity index (χ1) is 10.3. The summed E-state index contributed by atoms with van der Waals surface area (Å²) < 4.78 is 3.95. The van der Waals surface area contributed by atoms with Gasteiger partial charge in [0.2, 0.25) is 3.79 Å². The number of nitrogens with zero attached hydrogens (tertiary/aromatic N) is 2. The summed E-state index contributed by atoms with van der Waals surface area (Å²) in [5, 5.41) is 0. The number of fused-ring (bicyclic) bond motifs is 3. The minimum absolute atomic E-state index is 0.0677. The molecule has 22 heavy (non-hydrogen) atoms. The van der Waals surface area contributed by atoms with Gasteiger partial charge in [-0.05, 0) is 12.1 Å². The minimum Gasteiger partial charge on any atom is -0.465 e. The Morgan fingerprint density at radius 3 is 2.64 bits per heavy atom. The average molecular weight is 361 g/mol. The van der Waals surface area contributed by atoms with Crippen LogP contribution >= 0.6 is 34.8 Å². The van der Waals surface area contributed by atoms with Gasteiger partial charge in [-0.25, -0.2) is 19.0 Å². The highest BCUT2D eigenvalue weighted by molar-refractivity contribution is 6.66. The Kier molecular flexibility index (Phi) is 3.55. The molecule has 9 heteroatoms. The van der Waals surface area contributed by atoms with Crippen LogP contribution in [0.1, 0.15) is 16.1 Å². The summed E-state index contributed by atoms with van der Waals surface area (Å²) in [6.45, 7) is 0. The molecule has 0 bridgehead atoms. The number of nitrogens with one attached hydrogen (secondary N) is 1. The van der Waals surface area contributed by atoms with Gasteiger partial charge in [0, 0.05) is 0 Å². The van der Waals surface area contributed by atoms with E-state index in [1.165, 1.54) is 11.5 Å². The van der Waals surface area contributed by atoms with Crippen molar-refractivity contribution in [1.82, 2.24) is 14.4 Å². The lowest BCUT2D eigenvalue weighted by Gasteiger charge is -2.15. The third-order valence-corrected chi connectivity index (χ3v) is 3.71. The van der Waals surface area contributed by atoms with E-state index in [0.717, 1.165) is 0 Å². The van der Waals surface area contributed by atoms with Gasteiger partial charge >= 0.3 is 11.7 Å². The van der Waals surface area contributed by atoms with Crippen molar-refractivity contribution in [1.29, 1.82) is 0 Å². The molecule has 3 aromatic rings. The molecular weight excluding hydrogens is 353 g/mol. The zero-order valence-electron chi connectivity index (χ0n) is 11.1. The molecule has 114 valence electrons. The van der Waals surface area contributed by atoms with E-state index in [1.807, 2.05) is 0 Å². The molecule has 3 rings (SSSR count). The van der Waals surface area contributed by atoms with Crippen molar-refractivity contribution < 1.29 is 9.53 Å². The van der Waals surface area contributed by atoms with Crippen LogP contribution in [0.4, 0.5) is 0 Å². The Balaban J connectivity index is 2.57. The fourth-order valence-corrected chi connectivity index (χ4v) is 2.67. The monoisotopic (exact) mass is 359 g/mol. The number of benzene rings is 1. The largest absolute Gasteiger partial charge is 0.465 e. The van der Waals surface area contributed by atoms with E-state index in [9.17, 15) is 9.59 Å². The lowest BCUT2D eigenvalue weighted by molar-refractivity contribution is 0.0600. The fourth-order valence-electron chi connectivity index (χ4n) is 2.24. The number of halogens is 3. The van der Waals surface area contributed by atoms with Crippen LogP contribution in [0.15, 0.2) is 29.1 Å². The number of aromatic nitrogens is 3. The van der Waals surface area contributed by atoms with Crippen LogP contribution in [-0.4, -0.2) is 27.4 Å². The molecular formula is C13H8Cl3N3O3. The first kappa shape index (κ1) is 15.1. The van der Waals surface area contributed by atoms with Crippen molar-refractivity contribution in [3.63, 3.8) is 0 Å². The molecule has 6 nitrogen and oxygen atoms in total. The summed E-state index contributed by atoms with van der Waals surface area (Å²) in [5.41, 5.74) is 0.269. The molecule has 0 fully saturated rings. The standard InChI is InChI=1S/C13H8Cl3N3O3/c1-22-11(20)8-9(13(14,15)16)18-12(21)19-7-5-3-2-4-6(7)17-10(8)19/h2-5H,1H3,(H,18,21). The number of carbonyl (C=O) groups is 1. The summed E-state index contributed by atoms with van der Waals surface area (Å²) >= 11 is 17.6. The first-order valence-corrected chi connectivity index (χ1v) is 7.17. The molecule has 2 aromatic heterocycles. The molecule has 0 aliphatic rings. The van der Waals surface area contributed by atoms with Gasteiger partial charge in [0.25, 0.3) is 0 Å². The molecule has 1 N–H and O–H groups in total. The Morgan fingerprint density at radius 1 is 1.32 bits per heavy atom. The minimum atomic E-state index is -2.01. The predicted molar refractivity (Wildman–Crippen MR) is 83.9 cm³/mol. The van der Waals surface area contributed by atoms with Crippen LogP contribution in [0.5, 0.6) is 0 Å². The number of rotatable bonds is 1. The van der Waals surface area contributed by atoms with Gasteiger partial charge in [0.15, 0.2) is 5.65 Å². The van der Waals surface area contributed by atoms with Crippen molar-refractivity contribution >= 4 is 57.5 Å². The predicted octanol–water partition coefficient (Wildman–Crippen LogP) is 2.79. The SMILES string of the molecule is COC(=O)c1c(C(Cl)(Cl)Cl)[nH]c(=O)n2c1nc1ccccc12. The van der Waals surface area contributed by atoms with Crippen LogP contribution in [0.3, 0.4) is 0 Å². The molecule has 0 radical (unpaired) electrons. The molecule has 0 aliphatic heterocycles. The summed E-state index contributed by atoms with van der Waals surface area (Å²) in [6, 6.07) is 6.91. The van der Waals surface area contributed by atoms with Crippen LogP contribution in [0.2, 0.25) is 0 Å². The molecule has 0 saturated heterocycles. The lowest BCUT2D eigenvalue weighted by Crippen LogP contribution is -2.26. The highest BCUT2D eigenvalue weighted by Gasteiger charge is 2.34. The normalized spacial score (nSPS) is 12.0. The van der Waals surface area contributed by atoms with Crippen molar-refractivity contribution in [2.75, 3.05) is 7.11 Å². The van der Waals surface area contributed by atoms with Crippen LogP contribution < -0.4 is 5.69 Å². The topological polar surface area (TPSA) is 76.5 Å². The quantitative estimate of drug-likeness (QED) is 0.535. The first-order valence-electron chi connectivity index (χ1n) is 6.03.